The average Bonchev–Trinajstić information content (AvgIpc) is 3.26. The molecule has 0 aliphatic carbocycles. The lowest BCUT2D eigenvalue weighted by Gasteiger charge is -2.06. The smallest absolute Gasteiger partial charge is 0.287 e. The van der Waals surface area contributed by atoms with Crippen molar-refractivity contribution in [2.75, 3.05) is 0 Å². The Labute approximate surface area is 156 Å². The molecule has 0 radical (unpaired) electrons. The van der Waals surface area contributed by atoms with E-state index in [-0.39, 0.29) is 18.3 Å². The van der Waals surface area contributed by atoms with E-state index in [0.29, 0.717) is 23.1 Å². The summed E-state index contributed by atoms with van der Waals surface area (Å²) in [6.45, 7) is 5.40. The predicted octanol–water partition coefficient (Wildman–Crippen LogP) is 3.97. The third-order valence-corrected chi connectivity index (χ3v) is 4.35. The number of para-hydroxylation sites is 1. The highest BCUT2D eigenvalue weighted by atomic mass is 35.5. The summed E-state index contributed by atoms with van der Waals surface area (Å²) in [7, 11) is 0. The first-order valence-electron chi connectivity index (χ1n) is 8.34. The predicted molar refractivity (Wildman–Crippen MR) is 98.3 cm³/mol. The van der Waals surface area contributed by atoms with Gasteiger partial charge >= 0.3 is 0 Å². The molecule has 2 heterocycles. The number of amides is 1. The molecule has 0 spiro atoms. The normalized spacial score (nSPS) is 10.7. The molecule has 0 unspecified atom stereocenters. The Balaban J connectivity index is 1.56. The molecule has 0 saturated carbocycles. The lowest BCUT2D eigenvalue weighted by molar-refractivity contribution is 0.0919. The van der Waals surface area contributed by atoms with Crippen LogP contribution in [0.4, 0.5) is 0 Å². The highest BCUT2D eigenvalue weighted by Crippen LogP contribution is 2.24. The van der Waals surface area contributed by atoms with Gasteiger partial charge in [0, 0.05) is 24.3 Å². The maximum Gasteiger partial charge on any atom is 0.287 e. The van der Waals surface area contributed by atoms with Crippen molar-refractivity contribution in [2.45, 2.75) is 33.5 Å². The summed E-state index contributed by atoms with van der Waals surface area (Å²) < 4.78 is 13.0. The van der Waals surface area contributed by atoms with Crippen molar-refractivity contribution in [1.29, 1.82) is 0 Å². The van der Waals surface area contributed by atoms with Crippen LogP contribution in [0.25, 0.3) is 0 Å². The Hall–Kier alpha value is -2.73. The number of halogens is 1. The van der Waals surface area contributed by atoms with E-state index in [4.69, 9.17) is 20.8 Å². The number of hydrogen-bond donors (Lipinski definition) is 1. The molecule has 1 N–H and O–H groups in total. The molecule has 7 heteroatoms. The second-order valence-electron chi connectivity index (χ2n) is 5.74. The van der Waals surface area contributed by atoms with Gasteiger partial charge in [-0.15, -0.1) is 0 Å². The Bertz CT molecular complexity index is 901. The molecule has 0 aliphatic heterocycles. The first-order valence-corrected chi connectivity index (χ1v) is 8.71. The van der Waals surface area contributed by atoms with Gasteiger partial charge in [-0.25, -0.2) is 0 Å². The number of nitrogens with zero attached hydrogens (tertiary/aromatic N) is 2. The number of ether oxygens (including phenoxy) is 1. The molecule has 0 aliphatic rings. The fraction of sp³-hybridized carbons (Fsp3) is 0.263. The number of benzene rings is 1. The molecule has 1 aromatic carbocycles. The van der Waals surface area contributed by atoms with Gasteiger partial charge in [0.25, 0.3) is 5.91 Å². The zero-order valence-corrected chi connectivity index (χ0v) is 15.4. The molecule has 0 bridgehead atoms. The molecular formula is C19H20ClN3O3. The van der Waals surface area contributed by atoms with Crippen molar-refractivity contribution >= 4 is 17.5 Å². The summed E-state index contributed by atoms with van der Waals surface area (Å²) in [4.78, 5) is 12.3. The largest absolute Gasteiger partial charge is 0.484 e. The van der Waals surface area contributed by atoms with E-state index >= 15 is 0 Å². The number of aromatic nitrogens is 2. The van der Waals surface area contributed by atoms with Crippen molar-refractivity contribution in [1.82, 2.24) is 15.1 Å². The van der Waals surface area contributed by atoms with Crippen LogP contribution in [0.2, 0.25) is 5.02 Å². The van der Waals surface area contributed by atoms with Crippen LogP contribution in [0, 0.1) is 6.92 Å². The standard InChI is InChI=1S/C19H20ClN3O3/c1-3-23-13(2)14(11-22-23)10-21-19(24)18-9-8-15(26-18)12-25-17-7-5-4-6-16(17)20/h4-9,11H,3,10,12H2,1-2H3,(H,21,24). The van der Waals surface area contributed by atoms with E-state index in [1.54, 1.807) is 30.5 Å². The van der Waals surface area contributed by atoms with Gasteiger partial charge in [-0.1, -0.05) is 23.7 Å². The highest BCUT2D eigenvalue weighted by molar-refractivity contribution is 6.32. The molecular weight excluding hydrogens is 354 g/mol. The average molecular weight is 374 g/mol. The zero-order valence-electron chi connectivity index (χ0n) is 14.7. The minimum absolute atomic E-state index is 0.194. The van der Waals surface area contributed by atoms with Crippen LogP contribution in [0.1, 0.15) is 34.5 Å². The Kier molecular flexibility index (Phi) is 5.63. The third-order valence-electron chi connectivity index (χ3n) is 4.04. The van der Waals surface area contributed by atoms with Crippen molar-refractivity contribution in [3.05, 3.63) is 70.4 Å². The SMILES string of the molecule is CCn1ncc(CNC(=O)c2ccc(COc3ccccc3Cl)o2)c1C. The van der Waals surface area contributed by atoms with Gasteiger partial charge in [0.15, 0.2) is 5.76 Å². The molecule has 26 heavy (non-hydrogen) atoms. The zero-order chi connectivity index (χ0) is 18.5. The van der Waals surface area contributed by atoms with E-state index in [9.17, 15) is 4.79 Å². The molecule has 3 rings (SSSR count). The first-order chi connectivity index (χ1) is 12.6. The molecule has 1 amide bonds. The van der Waals surface area contributed by atoms with E-state index in [1.165, 1.54) is 0 Å². The summed E-state index contributed by atoms with van der Waals surface area (Å²) in [5.41, 5.74) is 2.02. The summed E-state index contributed by atoms with van der Waals surface area (Å²) in [5, 5.41) is 7.63. The van der Waals surface area contributed by atoms with E-state index in [0.717, 1.165) is 17.8 Å². The summed E-state index contributed by atoms with van der Waals surface area (Å²) in [6.07, 6.45) is 1.77. The van der Waals surface area contributed by atoms with Gasteiger partial charge in [-0.3, -0.25) is 9.48 Å². The number of nitrogens with one attached hydrogen (secondary N) is 1. The van der Waals surface area contributed by atoms with Crippen molar-refractivity contribution < 1.29 is 13.9 Å². The first kappa shape index (κ1) is 18.1. The molecule has 2 aromatic heterocycles. The number of carbonyl (C=O) groups excluding carboxylic acids is 1. The van der Waals surface area contributed by atoms with E-state index in [2.05, 4.69) is 10.4 Å². The van der Waals surface area contributed by atoms with Crippen LogP contribution in [0.5, 0.6) is 5.75 Å². The van der Waals surface area contributed by atoms with Crippen LogP contribution >= 0.6 is 11.6 Å². The Morgan fingerprint density at radius 1 is 1.31 bits per heavy atom. The van der Waals surface area contributed by atoms with E-state index in [1.807, 2.05) is 30.7 Å². The van der Waals surface area contributed by atoms with Gasteiger partial charge in [0.05, 0.1) is 11.2 Å². The Morgan fingerprint density at radius 2 is 2.12 bits per heavy atom. The Morgan fingerprint density at radius 3 is 2.85 bits per heavy atom. The second kappa shape index (κ2) is 8.10. The lowest BCUT2D eigenvalue weighted by Crippen LogP contribution is -2.22. The maximum atomic E-state index is 12.3. The molecule has 0 atom stereocenters. The summed E-state index contributed by atoms with van der Waals surface area (Å²) >= 11 is 6.04. The van der Waals surface area contributed by atoms with Crippen molar-refractivity contribution in [2.24, 2.45) is 0 Å². The number of carbonyl (C=O) groups is 1. The molecule has 0 saturated heterocycles. The van der Waals surface area contributed by atoms with Gasteiger partial charge in [0.2, 0.25) is 0 Å². The quantitative estimate of drug-likeness (QED) is 0.680. The molecule has 3 aromatic rings. The number of furan rings is 1. The maximum absolute atomic E-state index is 12.3. The van der Waals surface area contributed by atoms with Gasteiger partial charge in [0.1, 0.15) is 18.1 Å². The van der Waals surface area contributed by atoms with Crippen LogP contribution < -0.4 is 10.1 Å². The third kappa shape index (κ3) is 4.08. The van der Waals surface area contributed by atoms with Crippen molar-refractivity contribution in [3.63, 3.8) is 0 Å². The minimum atomic E-state index is -0.280. The summed E-state index contributed by atoms with van der Waals surface area (Å²) in [5.74, 6) is 1.07. The molecule has 136 valence electrons. The van der Waals surface area contributed by atoms with Crippen molar-refractivity contribution in [3.8, 4) is 5.75 Å². The molecule has 0 fully saturated rings. The number of rotatable bonds is 7. The van der Waals surface area contributed by atoms with Gasteiger partial charge in [-0.2, -0.15) is 5.10 Å². The fourth-order valence-electron chi connectivity index (χ4n) is 2.53. The topological polar surface area (TPSA) is 69.3 Å². The second-order valence-corrected chi connectivity index (χ2v) is 6.15. The van der Waals surface area contributed by atoms with Gasteiger partial charge in [-0.05, 0) is 38.1 Å². The van der Waals surface area contributed by atoms with Crippen LogP contribution in [-0.4, -0.2) is 15.7 Å². The van der Waals surface area contributed by atoms with Crippen LogP contribution in [0.3, 0.4) is 0 Å². The number of hydrogen-bond acceptors (Lipinski definition) is 4. The van der Waals surface area contributed by atoms with E-state index < -0.39 is 0 Å². The number of aryl methyl sites for hydroxylation is 1. The van der Waals surface area contributed by atoms with Gasteiger partial charge < -0.3 is 14.5 Å². The monoisotopic (exact) mass is 373 g/mol. The molecule has 6 nitrogen and oxygen atoms in total. The highest BCUT2D eigenvalue weighted by Gasteiger charge is 2.13. The van der Waals surface area contributed by atoms with Crippen LogP contribution in [-0.2, 0) is 19.7 Å². The summed E-state index contributed by atoms with van der Waals surface area (Å²) in [6, 6.07) is 10.5. The minimum Gasteiger partial charge on any atom is -0.484 e. The van der Waals surface area contributed by atoms with Crippen LogP contribution in [0.15, 0.2) is 47.0 Å². The fourth-order valence-corrected chi connectivity index (χ4v) is 2.72. The lowest BCUT2D eigenvalue weighted by atomic mass is 10.2.